The Morgan fingerprint density at radius 1 is 1.19 bits per heavy atom. The van der Waals surface area contributed by atoms with Crippen molar-refractivity contribution in [1.82, 2.24) is 5.32 Å². The van der Waals surface area contributed by atoms with Crippen molar-refractivity contribution >= 4 is 0 Å². The van der Waals surface area contributed by atoms with Gasteiger partial charge in [0.2, 0.25) is 0 Å². The summed E-state index contributed by atoms with van der Waals surface area (Å²) in [7, 11) is 0. The highest BCUT2D eigenvalue weighted by atomic mass is 16.6. The van der Waals surface area contributed by atoms with Crippen LogP contribution in [0.4, 0.5) is 0 Å². The molecule has 0 amide bonds. The van der Waals surface area contributed by atoms with Crippen molar-refractivity contribution in [2.75, 3.05) is 19.8 Å². The summed E-state index contributed by atoms with van der Waals surface area (Å²) >= 11 is 0. The van der Waals surface area contributed by atoms with Gasteiger partial charge in [-0.3, -0.25) is 0 Å². The molecule has 0 aromatic heterocycles. The molecule has 3 aliphatic rings. The third-order valence-electron chi connectivity index (χ3n) is 5.23. The molecule has 0 bridgehead atoms. The Bertz CT molecular complexity index is 494. The number of nitrogens with one attached hydrogen (secondary N) is 1. The van der Waals surface area contributed by atoms with Crippen LogP contribution in [0.15, 0.2) is 30.3 Å². The summed E-state index contributed by atoms with van der Waals surface area (Å²) in [5.41, 5.74) is 1.22. The van der Waals surface area contributed by atoms with Crippen LogP contribution in [0.2, 0.25) is 0 Å². The number of ether oxygens (including phenoxy) is 2. The first-order valence-corrected chi connectivity index (χ1v) is 7.94. The molecule has 2 heterocycles. The van der Waals surface area contributed by atoms with Gasteiger partial charge in [0, 0.05) is 12.1 Å². The van der Waals surface area contributed by atoms with Crippen molar-refractivity contribution in [1.29, 1.82) is 0 Å². The van der Waals surface area contributed by atoms with Crippen LogP contribution >= 0.6 is 0 Å². The molecule has 1 unspecified atom stereocenters. The van der Waals surface area contributed by atoms with Crippen LogP contribution in [-0.2, 0) is 15.0 Å². The van der Waals surface area contributed by atoms with Crippen LogP contribution in [0.25, 0.3) is 0 Å². The van der Waals surface area contributed by atoms with E-state index in [4.69, 9.17) is 9.47 Å². The van der Waals surface area contributed by atoms with Gasteiger partial charge in [0.05, 0.1) is 25.4 Å². The van der Waals surface area contributed by atoms with E-state index >= 15 is 0 Å². The summed E-state index contributed by atoms with van der Waals surface area (Å²) < 4.78 is 11.5. The van der Waals surface area contributed by atoms with Crippen LogP contribution < -0.4 is 5.32 Å². The van der Waals surface area contributed by atoms with Gasteiger partial charge in [-0.15, -0.1) is 0 Å². The largest absolute Gasteiger partial charge is 0.393 e. The van der Waals surface area contributed by atoms with Gasteiger partial charge in [-0.05, 0) is 31.2 Å². The Morgan fingerprint density at radius 2 is 1.95 bits per heavy atom. The fourth-order valence-corrected chi connectivity index (χ4v) is 3.87. The summed E-state index contributed by atoms with van der Waals surface area (Å²) in [5.74, 6) is 0. The molecule has 1 spiro atoms. The van der Waals surface area contributed by atoms with Crippen molar-refractivity contribution in [3.63, 3.8) is 0 Å². The number of hydrogen-bond acceptors (Lipinski definition) is 4. The zero-order valence-electron chi connectivity index (χ0n) is 12.3. The normalized spacial score (nSPS) is 37.2. The fraction of sp³-hybridized carbons (Fsp3) is 0.647. The first-order valence-electron chi connectivity index (χ1n) is 7.94. The highest BCUT2D eigenvalue weighted by Crippen LogP contribution is 2.42. The van der Waals surface area contributed by atoms with E-state index in [9.17, 15) is 5.11 Å². The second kappa shape index (κ2) is 5.06. The van der Waals surface area contributed by atoms with Crippen molar-refractivity contribution < 1.29 is 14.6 Å². The molecule has 1 atom stereocenters. The molecular weight excluding hydrogens is 266 g/mol. The molecule has 21 heavy (non-hydrogen) atoms. The van der Waals surface area contributed by atoms with E-state index in [1.54, 1.807) is 0 Å². The minimum atomic E-state index is -0.187. The SMILES string of the molecule is OC1CC(NCC2CCC3(COC3)O2)(c2ccccc2)C1. The lowest BCUT2D eigenvalue weighted by Gasteiger charge is -2.47. The van der Waals surface area contributed by atoms with Crippen molar-refractivity contribution in [2.24, 2.45) is 0 Å². The third kappa shape index (κ3) is 2.40. The summed E-state index contributed by atoms with van der Waals surface area (Å²) in [6.07, 6.45) is 3.88. The van der Waals surface area contributed by atoms with Crippen molar-refractivity contribution in [3.8, 4) is 0 Å². The summed E-state index contributed by atoms with van der Waals surface area (Å²) in [4.78, 5) is 0. The molecule has 2 saturated heterocycles. The number of aliphatic hydroxyl groups is 1. The molecule has 2 N–H and O–H groups in total. The summed E-state index contributed by atoms with van der Waals surface area (Å²) in [6.45, 7) is 2.36. The molecule has 2 aliphatic heterocycles. The van der Waals surface area contributed by atoms with Gasteiger partial charge in [0.25, 0.3) is 0 Å². The molecule has 4 nitrogen and oxygen atoms in total. The highest BCUT2D eigenvalue weighted by Gasteiger charge is 2.48. The van der Waals surface area contributed by atoms with Gasteiger partial charge in [-0.2, -0.15) is 0 Å². The minimum Gasteiger partial charge on any atom is -0.393 e. The fourth-order valence-electron chi connectivity index (χ4n) is 3.87. The van der Waals surface area contributed by atoms with E-state index < -0.39 is 0 Å². The van der Waals surface area contributed by atoms with Crippen LogP contribution in [0, 0.1) is 0 Å². The van der Waals surface area contributed by atoms with E-state index in [0.717, 1.165) is 45.4 Å². The quantitative estimate of drug-likeness (QED) is 0.883. The molecule has 1 aromatic rings. The predicted molar refractivity (Wildman–Crippen MR) is 79.0 cm³/mol. The van der Waals surface area contributed by atoms with Crippen LogP contribution in [-0.4, -0.2) is 42.7 Å². The third-order valence-corrected chi connectivity index (χ3v) is 5.23. The molecule has 4 heteroatoms. The van der Waals surface area contributed by atoms with E-state index in [-0.39, 0.29) is 23.3 Å². The Labute approximate surface area is 125 Å². The maximum Gasteiger partial charge on any atom is 0.115 e. The van der Waals surface area contributed by atoms with Gasteiger partial charge in [0.1, 0.15) is 5.60 Å². The zero-order chi connectivity index (χ0) is 14.3. The van der Waals surface area contributed by atoms with E-state index in [2.05, 4.69) is 29.6 Å². The lowest BCUT2D eigenvalue weighted by molar-refractivity contribution is -0.200. The Balaban J connectivity index is 1.40. The van der Waals surface area contributed by atoms with Crippen molar-refractivity contribution in [3.05, 3.63) is 35.9 Å². The lowest BCUT2D eigenvalue weighted by Crippen LogP contribution is -2.57. The van der Waals surface area contributed by atoms with Gasteiger partial charge in [-0.25, -0.2) is 0 Å². The highest BCUT2D eigenvalue weighted by molar-refractivity contribution is 5.28. The monoisotopic (exact) mass is 289 g/mol. The Kier molecular flexibility index (Phi) is 3.30. The Hall–Kier alpha value is -0.940. The molecule has 1 aliphatic carbocycles. The Morgan fingerprint density at radius 3 is 2.52 bits per heavy atom. The first-order chi connectivity index (χ1) is 10.2. The average Bonchev–Trinajstić information content (AvgIpc) is 2.88. The van der Waals surface area contributed by atoms with Gasteiger partial charge >= 0.3 is 0 Å². The second-order valence-corrected chi connectivity index (χ2v) is 6.85. The minimum absolute atomic E-state index is 0.0192. The average molecular weight is 289 g/mol. The van der Waals surface area contributed by atoms with E-state index in [1.807, 2.05) is 6.07 Å². The maximum absolute atomic E-state index is 9.78. The van der Waals surface area contributed by atoms with E-state index in [0.29, 0.717) is 0 Å². The van der Waals surface area contributed by atoms with Crippen LogP contribution in [0.3, 0.4) is 0 Å². The standard InChI is InChI=1S/C17H23NO3/c19-14-8-17(9-14,13-4-2-1-3-5-13)18-10-15-6-7-16(21-15)11-20-12-16/h1-5,14-15,18-19H,6-12H2. The number of rotatable bonds is 4. The molecule has 1 aromatic carbocycles. The first kappa shape index (κ1) is 13.7. The molecule has 0 radical (unpaired) electrons. The smallest absolute Gasteiger partial charge is 0.115 e. The summed E-state index contributed by atoms with van der Waals surface area (Å²) in [6, 6.07) is 10.5. The number of benzene rings is 1. The van der Waals surface area contributed by atoms with Crippen molar-refractivity contribution in [2.45, 2.75) is 49.0 Å². The van der Waals surface area contributed by atoms with Gasteiger partial charge < -0.3 is 19.9 Å². The summed E-state index contributed by atoms with van der Waals surface area (Å²) in [5, 5.41) is 13.5. The molecule has 4 rings (SSSR count). The predicted octanol–water partition coefficient (Wildman–Crippen LogP) is 1.57. The van der Waals surface area contributed by atoms with E-state index in [1.165, 1.54) is 5.56 Å². The van der Waals surface area contributed by atoms with Gasteiger partial charge in [0.15, 0.2) is 0 Å². The molecule has 1 saturated carbocycles. The van der Waals surface area contributed by atoms with Crippen LogP contribution in [0.1, 0.15) is 31.2 Å². The number of aliphatic hydroxyl groups excluding tert-OH is 1. The lowest BCUT2D eigenvalue weighted by atomic mass is 9.69. The van der Waals surface area contributed by atoms with Crippen LogP contribution in [0.5, 0.6) is 0 Å². The molecular formula is C17H23NO3. The van der Waals surface area contributed by atoms with Gasteiger partial charge in [-0.1, -0.05) is 30.3 Å². The maximum atomic E-state index is 9.78. The number of hydrogen-bond donors (Lipinski definition) is 2. The topological polar surface area (TPSA) is 50.7 Å². The molecule has 114 valence electrons. The molecule has 3 fully saturated rings. The second-order valence-electron chi connectivity index (χ2n) is 6.85. The zero-order valence-corrected chi connectivity index (χ0v) is 12.3.